The van der Waals surface area contributed by atoms with E-state index in [2.05, 4.69) is 49.6 Å². The maximum absolute atomic E-state index is 12.6. The number of pyridine rings is 1. The molecule has 1 aliphatic rings. The summed E-state index contributed by atoms with van der Waals surface area (Å²) in [5.74, 6) is 1.71. The van der Waals surface area contributed by atoms with Crippen LogP contribution >= 0.6 is 0 Å². The zero-order chi connectivity index (χ0) is 24.3. The zero-order valence-corrected chi connectivity index (χ0v) is 21.4. The summed E-state index contributed by atoms with van der Waals surface area (Å²) in [5.41, 5.74) is 5.04. The van der Waals surface area contributed by atoms with Crippen LogP contribution in [0.4, 0.5) is 0 Å². The number of methoxy groups -OCH3 is 1. The number of nitrogens with zero attached hydrogens (tertiary/aromatic N) is 3. The van der Waals surface area contributed by atoms with E-state index in [1.165, 1.54) is 0 Å². The lowest BCUT2D eigenvalue weighted by atomic mass is 9.95. The molecule has 0 N–H and O–H groups in total. The number of aryl methyl sites for hydroxylation is 2. The first-order chi connectivity index (χ1) is 16.3. The summed E-state index contributed by atoms with van der Waals surface area (Å²) in [4.78, 5) is 17.7. The Bertz CT molecular complexity index is 1190. The number of hydrogen-bond donors (Lipinski definition) is 0. The molecule has 1 fully saturated rings. The van der Waals surface area contributed by atoms with Gasteiger partial charge in [0.1, 0.15) is 5.82 Å². The van der Waals surface area contributed by atoms with Crippen LogP contribution < -0.4 is 5.56 Å². The second-order valence-electron chi connectivity index (χ2n) is 10.3. The predicted molar refractivity (Wildman–Crippen MR) is 137 cm³/mol. The van der Waals surface area contributed by atoms with Crippen LogP contribution in [0.1, 0.15) is 57.8 Å². The van der Waals surface area contributed by atoms with Crippen molar-refractivity contribution in [3.63, 3.8) is 0 Å². The van der Waals surface area contributed by atoms with Gasteiger partial charge in [0.2, 0.25) is 0 Å². The highest BCUT2D eigenvalue weighted by atomic mass is 16.5. The Morgan fingerprint density at radius 3 is 2.65 bits per heavy atom. The van der Waals surface area contributed by atoms with Crippen LogP contribution in [0.25, 0.3) is 22.2 Å². The Kier molecular flexibility index (Phi) is 7.58. The third-order valence-electron chi connectivity index (χ3n) is 7.03. The summed E-state index contributed by atoms with van der Waals surface area (Å²) in [6.45, 7) is 8.86. The molecule has 1 aromatic carbocycles. The van der Waals surface area contributed by atoms with Crippen molar-refractivity contribution in [3.05, 3.63) is 52.2 Å². The molecule has 6 heteroatoms. The van der Waals surface area contributed by atoms with Crippen LogP contribution in [0.3, 0.4) is 0 Å². The van der Waals surface area contributed by atoms with Gasteiger partial charge in [-0.3, -0.25) is 4.79 Å². The molecule has 1 aliphatic heterocycles. The number of imidazole rings is 1. The average molecular weight is 466 g/mol. The molecule has 0 saturated carbocycles. The molecule has 2 aromatic heterocycles. The number of ether oxygens (including phenoxy) is 2. The van der Waals surface area contributed by atoms with Crippen molar-refractivity contribution < 1.29 is 9.47 Å². The molecule has 0 bridgehead atoms. The first-order valence-corrected chi connectivity index (χ1v) is 12.6. The largest absolute Gasteiger partial charge is 0.382 e. The molecule has 34 heavy (non-hydrogen) atoms. The van der Waals surface area contributed by atoms with E-state index in [0.29, 0.717) is 12.5 Å². The third-order valence-corrected chi connectivity index (χ3v) is 7.03. The minimum atomic E-state index is -0.238. The number of fused-ring (bicyclic) bond motifs is 1. The number of rotatable bonds is 9. The molecule has 0 spiro atoms. The van der Waals surface area contributed by atoms with E-state index in [4.69, 9.17) is 14.5 Å². The Labute approximate surface area is 202 Å². The van der Waals surface area contributed by atoms with E-state index in [0.717, 1.165) is 85.3 Å². The Balaban J connectivity index is 1.81. The fraction of sp³-hybridized carbons (Fsp3) is 0.571. The fourth-order valence-electron chi connectivity index (χ4n) is 5.23. The smallest absolute Gasteiger partial charge is 0.253 e. The summed E-state index contributed by atoms with van der Waals surface area (Å²) >= 11 is 0. The van der Waals surface area contributed by atoms with Gasteiger partial charge in [0.15, 0.2) is 0 Å². The van der Waals surface area contributed by atoms with Gasteiger partial charge in [-0.2, -0.15) is 0 Å². The summed E-state index contributed by atoms with van der Waals surface area (Å²) in [7, 11) is 3.60. The van der Waals surface area contributed by atoms with Crippen molar-refractivity contribution in [3.8, 4) is 11.1 Å². The van der Waals surface area contributed by atoms with Crippen molar-refractivity contribution in [2.24, 2.45) is 13.0 Å². The van der Waals surface area contributed by atoms with Gasteiger partial charge in [0, 0.05) is 45.6 Å². The SMILES string of the molecule is CCCCc1cc(-c2ccc3nc(CC4CCOCC4)n(C(C)(C)COC)c3c2)cn(C)c1=O. The van der Waals surface area contributed by atoms with Crippen LogP contribution in [0.2, 0.25) is 0 Å². The van der Waals surface area contributed by atoms with Crippen LogP contribution in [-0.2, 0) is 34.9 Å². The second kappa shape index (κ2) is 10.4. The molecular formula is C28H39N3O3. The van der Waals surface area contributed by atoms with Crippen LogP contribution in [0, 0.1) is 5.92 Å². The first kappa shape index (κ1) is 24.7. The normalized spacial score (nSPS) is 15.3. The quantitative estimate of drug-likeness (QED) is 0.441. The molecule has 3 heterocycles. The Morgan fingerprint density at radius 2 is 1.94 bits per heavy atom. The predicted octanol–water partition coefficient (Wildman–Crippen LogP) is 5.10. The van der Waals surface area contributed by atoms with Crippen LogP contribution in [0.15, 0.2) is 35.3 Å². The lowest BCUT2D eigenvalue weighted by Crippen LogP contribution is -2.33. The molecule has 184 valence electrons. The molecule has 0 unspecified atom stereocenters. The molecular weight excluding hydrogens is 426 g/mol. The van der Waals surface area contributed by atoms with Crippen molar-refractivity contribution >= 4 is 11.0 Å². The van der Waals surface area contributed by atoms with Gasteiger partial charge < -0.3 is 18.6 Å². The summed E-state index contributed by atoms with van der Waals surface area (Å²) in [6.07, 6.45) is 7.96. The van der Waals surface area contributed by atoms with Crippen molar-refractivity contribution in [2.75, 3.05) is 26.9 Å². The minimum Gasteiger partial charge on any atom is -0.382 e. The van der Waals surface area contributed by atoms with Gasteiger partial charge in [-0.15, -0.1) is 0 Å². The maximum atomic E-state index is 12.6. The van der Waals surface area contributed by atoms with Crippen molar-refractivity contribution in [1.82, 2.24) is 14.1 Å². The highest BCUT2D eigenvalue weighted by Crippen LogP contribution is 2.32. The molecule has 0 amide bonds. The molecule has 0 aliphatic carbocycles. The molecule has 4 rings (SSSR count). The molecule has 0 radical (unpaired) electrons. The van der Waals surface area contributed by atoms with Crippen molar-refractivity contribution in [1.29, 1.82) is 0 Å². The monoisotopic (exact) mass is 465 g/mol. The minimum absolute atomic E-state index is 0.100. The van der Waals surface area contributed by atoms with Gasteiger partial charge in [-0.1, -0.05) is 19.4 Å². The molecule has 6 nitrogen and oxygen atoms in total. The van der Waals surface area contributed by atoms with Gasteiger partial charge >= 0.3 is 0 Å². The molecule has 3 aromatic rings. The number of hydrogen-bond acceptors (Lipinski definition) is 4. The topological polar surface area (TPSA) is 58.3 Å². The van der Waals surface area contributed by atoms with E-state index in [-0.39, 0.29) is 11.1 Å². The first-order valence-electron chi connectivity index (χ1n) is 12.6. The highest BCUT2D eigenvalue weighted by molar-refractivity contribution is 5.83. The summed E-state index contributed by atoms with van der Waals surface area (Å²) in [5, 5.41) is 0. The fourth-order valence-corrected chi connectivity index (χ4v) is 5.23. The van der Waals surface area contributed by atoms with Gasteiger partial charge in [0.05, 0.1) is 23.2 Å². The highest BCUT2D eigenvalue weighted by Gasteiger charge is 2.28. The Hall–Kier alpha value is -2.44. The lowest BCUT2D eigenvalue weighted by molar-refractivity contribution is 0.0644. The summed E-state index contributed by atoms with van der Waals surface area (Å²) < 4.78 is 15.3. The van der Waals surface area contributed by atoms with E-state index < -0.39 is 0 Å². The van der Waals surface area contributed by atoms with Crippen molar-refractivity contribution in [2.45, 2.75) is 64.8 Å². The number of unbranched alkanes of at least 4 members (excludes halogenated alkanes) is 1. The molecule has 0 atom stereocenters. The van der Waals surface area contributed by atoms with E-state index in [1.54, 1.807) is 11.7 Å². The van der Waals surface area contributed by atoms with Gasteiger partial charge in [0.25, 0.3) is 5.56 Å². The number of benzene rings is 1. The average Bonchev–Trinajstić information content (AvgIpc) is 3.18. The van der Waals surface area contributed by atoms with Gasteiger partial charge in [-0.05, 0) is 74.8 Å². The van der Waals surface area contributed by atoms with E-state index >= 15 is 0 Å². The third kappa shape index (κ3) is 5.13. The maximum Gasteiger partial charge on any atom is 0.253 e. The Morgan fingerprint density at radius 1 is 1.18 bits per heavy atom. The van der Waals surface area contributed by atoms with Gasteiger partial charge in [-0.25, -0.2) is 4.98 Å². The van der Waals surface area contributed by atoms with Crippen LogP contribution in [-0.4, -0.2) is 41.0 Å². The lowest BCUT2D eigenvalue weighted by Gasteiger charge is -2.30. The van der Waals surface area contributed by atoms with Crippen LogP contribution in [0.5, 0.6) is 0 Å². The van der Waals surface area contributed by atoms with E-state index in [9.17, 15) is 4.79 Å². The number of aromatic nitrogens is 3. The summed E-state index contributed by atoms with van der Waals surface area (Å²) in [6, 6.07) is 8.55. The van der Waals surface area contributed by atoms with E-state index in [1.807, 2.05) is 13.2 Å². The second-order valence-corrected chi connectivity index (χ2v) is 10.3. The zero-order valence-electron chi connectivity index (χ0n) is 21.4. The molecule has 1 saturated heterocycles. The standard InChI is InChI=1S/C28H39N3O3/c1-6-7-8-22-16-23(18-30(4)27(22)32)21-9-10-24-25(17-21)31(28(2,3)19-33-5)26(29-24)15-20-11-13-34-14-12-20/h9-10,16-18,20H,6-8,11-15,19H2,1-5H3.